The third-order valence-corrected chi connectivity index (χ3v) is 7.92. The van der Waals surface area contributed by atoms with Crippen LogP contribution in [0.15, 0.2) is 17.5 Å². The summed E-state index contributed by atoms with van der Waals surface area (Å²) >= 11 is 2.66. The summed E-state index contributed by atoms with van der Waals surface area (Å²) in [5.41, 5.74) is 12.7. The summed E-state index contributed by atoms with van der Waals surface area (Å²) in [7, 11) is 0. The molecule has 0 saturated heterocycles. The number of aliphatic carboxylic acids is 3. The van der Waals surface area contributed by atoms with E-state index in [1.807, 2.05) is 5.38 Å². The number of nitrogens with two attached hydrogens (primary N) is 2. The molecule has 3 aromatic heterocycles. The first-order valence-corrected chi connectivity index (χ1v) is 13.8. The van der Waals surface area contributed by atoms with E-state index in [-0.39, 0.29) is 25.2 Å². The first-order chi connectivity index (χ1) is 18.9. The summed E-state index contributed by atoms with van der Waals surface area (Å²) in [5, 5.41) is 34.7. The Bertz CT molecular complexity index is 1420. The molecule has 0 saturated carbocycles. The van der Waals surface area contributed by atoms with Gasteiger partial charge in [-0.2, -0.15) is 4.98 Å². The van der Waals surface area contributed by atoms with Crippen molar-refractivity contribution in [1.29, 1.82) is 0 Å². The first-order valence-electron chi connectivity index (χ1n) is 12.1. The van der Waals surface area contributed by atoms with Crippen LogP contribution in [0.3, 0.4) is 0 Å². The molecule has 0 fully saturated rings. The van der Waals surface area contributed by atoms with Crippen LogP contribution in [0.4, 0.5) is 11.8 Å². The number of anilines is 2. The van der Waals surface area contributed by atoms with Gasteiger partial charge in [-0.1, -0.05) is 0 Å². The molecule has 3 aromatic rings. The SMILES string of the molecule is Nc1nc(N)c2c(CCCc3ccc(C(=O)N[C@@H](CCC(=O)N[C@@H](CCC(=O)O)C(=O)O)C(=O)O)s3)csc2n1. The lowest BCUT2D eigenvalue weighted by Crippen LogP contribution is -2.44. The molecule has 0 radical (unpaired) electrons. The minimum Gasteiger partial charge on any atom is -0.481 e. The van der Waals surface area contributed by atoms with Crippen molar-refractivity contribution in [2.45, 2.75) is 57.0 Å². The smallest absolute Gasteiger partial charge is 0.326 e. The molecule has 214 valence electrons. The van der Waals surface area contributed by atoms with Crippen molar-refractivity contribution < 1.29 is 39.3 Å². The van der Waals surface area contributed by atoms with Crippen molar-refractivity contribution in [1.82, 2.24) is 20.6 Å². The Morgan fingerprint density at radius 3 is 2.25 bits per heavy atom. The van der Waals surface area contributed by atoms with Crippen molar-refractivity contribution in [2.24, 2.45) is 0 Å². The molecule has 2 atom stereocenters. The minimum absolute atomic E-state index is 0.121. The number of thiophene rings is 2. The molecule has 0 aliphatic carbocycles. The molecular weight excluding hydrogens is 564 g/mol. The molecular formula is C24H28N6O8S2. The van der Waals surface area contributed by atoms with Gasteiger partial charge in [0.15, 0.2) is 0 Å². The largest absolute Gasteiger partial charge is 0.481 e. The number of nitrogen functional groups attached to an aromatic ring is 2. The van der Waals surface area contributed by atoms with Gasteiger partial charge in [0.05, 0.1) is 10.3 Å². The lowest BCUT2D eigenvalue weighted by atomic mass is 10.1. The lowest BCUT2D eigenvalue weighted by molar-refractivity contribution is -0.143. The fourth-order valence-electron chi connectivity index (χ4n) is 3.87. The fraction of sp³-hybridized carbons (Fsp3) is 0.375. The van der Waals surface area contributed by atoms with Gasteiger partial charge in [-0.25, -0.2) is 14.6 Å². The maximum Gasteiger partial charge on any atom is 0.326 e. The Morgan fingerprint density at radius 1 is 0.900 bits per heavy atom. The molecule has 9 N–H and O–H groups in total. The van der Waals surface area contributed by atoms with Gasteiger partial charge in [0.25, 0.3) is 5.91 Å². The van der Waals surface area contributed by atoms with Crippen LogP contribution >= 0.6 is 22.7 Å². The Morgan fingerprint density at radius 2 is 1.57 bits per heavy atom. The number of hydrogen-bond donors (Lipinski definition) is 7. The Kier molecular flexibility index (Phi) is 10.3. The van der Waals surface area contributed by atoms with E-state index in [1.165, 1.54) is 22.7 Å². The summed E-state index contributed by atoms with van der Waals surface area (Å²) in [6.07, 6.45) is 0.676. The van der Waals surface area contributed by atoms with E-state index in [2.05, 4.69) is 20.6 Å². The van der Waals surface area contributed by atoms with Gasteiger partial charge in [-0.05, 0) is 55.2 Å². The number of carboxylic acid groups (broad SMARTS) is 3. The van der Waals surface area contributed by atoms with Crippen molar-refractivity contribution in [3.8, 4) is 0 Å². The van der Waals surface area contributed by atoms with Crippen LogP contribution in [0.25, 0.3) is 10.2 Å². The predicted molar refractivity (Wildman–Crippen MR) is 147 cm³/mol. The van der Waals surface area contributed by atoms with Gasteiger partial charge in [-0.15, -0.1) is 22.7 Å². The molecule has 0 aliphatic heterocycles. The standard InChI is InChI=1S/C24H28N6O8S2/c25-19-18-11(10-39-21(18)30-24(26)29-19)2-1-3-12-4-7-15(40-12)20(34)28-14(23(37)38)5-8-16(31)27-13(22(35)36)6-9-17(32)33/h4,7,10,13-14H,1-3,5-6,8-9H2,(H,27,31)(H,28,34)(H,32,33)(H,35,36)(H,37,38)(H4,25,26,29,30)/t13-,14-/m0/s1. The van der Waals surface area contributed by atoms with E-state index >= 15 is 0 Å². The number of aromatic nitrogens is 2. The minimum atomic E-state index is -1.42. The zero-order chi connectivity index (χ0) is 29.4. The molecule has 3 heterocycles. The van der Waals surface area contributed by atoms with Gasteiger partial charge >= 0.3 is 17.9 Å². The summed E-state index contributed by atoms with van der Waals surface area (Å²) in [6, 6.07) is 0.569. The summed E-state index contributed by atoms with van der Waals surface area (Å²) in [4.78, 5) is 68.5. The maximum atomic E-state index is 12.7. The maximum absolute atomic E-state index is 12.7. The van der Waals surface area contributed by atoms with Gasteiger partial charge in [0.1, 0.15) is 22.7 Å². The second-order valence-electron chi connectivity index (χ2n) is 8.82. The average molecular weight is 593 g/mol. The highest BCUT2D eigenvalue weighted by atomic mass is 32.1. The second kappa shape index (κ2) is 13.7. The van der Waals surface area contributed by atoms with Crippen LogP contribution in [0.1, 0.15) is 52.2 Å². The van der Waals surface area contributed by atoms with Gasteiger partial charge in [0.2, 0.25) is 11.9 Å². The number of hydrogen-bond acceptors (Lipinski definition) is 11. The van der Waals surface area contributed by atoms with Crippen molar-refractivity contribution in [2.75, 3.05) is 11.5 Å². The summed E-state index contributed by atoms with van der Waals surface area (Å²) in [5.74, 6) is -4.90. The van der Waals surface area contributed by atoms with Crippen molar-refractivity contribution in [3.05, 3.63) is 32.8 Å². The molecule has 0 aromatic carbocycles. The molecule has 40 heavy (non-hydrogen) atoms. The monoisotopic (exact) mass is 592 g/mol. The van der Waals surface area contributed by atoms with E-state index in [9.17, 15) is 29.1 Å². The van der Waals surface area contributed by atoms with Crippen LogP contribution < -0.4 is 22.1 Å². The zero-order valence-corrected chi connectivity index (χ0v) is 22.7. The lowest BCUT2D eigenvalue weighted by Gasteiger charge is -2.16. The number of carbonyl (C=O) groups is 5. The van der Waals surface area contributed by atoms with Crippen LogP contribution in [0, 0.1) is 0 Å². The zero-order valence-electron chi connectivity index (χ0n) is 21.1. The summed E-state index contributed by atoms with van der Waals surface area (Å²) in [6.45, 7) is 0. The number of aryl methyl sites for hydroxylation is 2. The number of carboxylic acids is 3. The molecule has 0 unspecified atom stereocenters. The van der Waals surface area contributed by atoms with Gasteiger partial charge < -0.3 is 37.4 Å². The van der Waals surface area contributed by atoms with Crippen molar-refractivity contribution in [3.63, 3.8) is 0 Å². The van der Waals surface area contributed by atoms with Gasteiger partial charge in [0, 0.05) is 17.7 Å². The molecule has 0 aliphatic rings. The number of amides is 2. The van der Waals surface area contributed by atoms with E-state index in [4.69, 9.17) is 21.7 Å². The van der Waals surface area contributed by atoms with E-state index in [0.29, 0.717) is 23.5 Å². The molecule has 0 bridgehead atoms. The molecule has 3 rings (SSSR count). The Balaban J connectivity index is 1.50. The summed E-state index contributed by atoms with van der Waals surface area (Å²) < 4.78 is 0. The molecule has 16 heteroatoms. The fourth-order valence-corrected chi connectivity index (χ4v) is 5.81. The number of rotatable bonds is 15. The Labute approximate surface area is 235 Å². The van der Waals surface area contributed by atoms with Crippen LogP contribution in [0.5, 0.6) is 0 Å². The highest BCUT2D eigenvalue weighted by Crippen LogP contribution is 2.30. The molecule has 14 nitrogen and oxygen atoms in total. The van der Waals surface area contributed by atoms with Crippen LogP contribution in [0.2, 0.25) is 0 Å². The number of carbonyl (C=O) groups excluding carboxylic acids is 2. The van der Waals surface area contributed by atoms with Gasteiger partial charge in [-0.3, -0.25) is 14.4 Å². The highest BCUT2D eigenvalue weighted by molar-refractivity contribution is 7.17. The Hall–Kier alpha value is -4.31. The normalized spacial score (nSPS) is 12.5. The van der Waals surface area contributed by atoms with Crippen LogP contribution in [-0.4, -0.2) is 67.1 Å². The quantitative estimate of drug-likeness (QED) is 0.133. The van der Waals surface area contributed by atoms with E-state index < -0.39 is 48.2 Å². The average Bonchev–Trinajstić information content (AvgIpc) is 3.51. The van der Waals surface area contributed by atoms with E-state index in [1.54, 1.807) is 12.1 Å². The topological polar surface area (TPSA) is 248 Å². The number of nitrogens with zero attached hydrogens (tertiary/aromatic N) is 2. The predicted octanol–water partition coefficient (Wildman–Crippen LogP) is 1.49. The highest BCUT2D eigenvalue weighted by Gasteiger charge is 2.25. The van der Waals surface area contributed by atoms with Crippen molar-refractivity contribution >= 4 is 74.4 Å². The number of nitrogens with one attached hydrogen (secondary N) is 2. The van der Waals surface area contributed by atoms with E-state index in [0.717, 1.165) is 27.1 Å². The number of fused-ring (bicyclic) bond motifs is 1. The third-order valence-electron chi connectivity index (χ3n) is 5.85. The van der Waals surface area contributed by atoms with Crippen LogP contribution in [-0.2, 0) is 32.0 Å². The third kappa shape index (κ3) is 8.34. The molecule has 2 amide bonds. The first kappa shape index (κ1) is 30.2. The second-order valence-corrected chi connectivity index (χ2v) is 10.8. The molecule has 0 spiro atoms.